The van der Waals surface area contributed by atoms with E-state index in [1.165, 1.54) is 23.9 Å². The van der Waals surface area contributed by atoms with E-state index >= 15 is 0 Å². The molecule has 0 amide bonds. The zero-order valence-corrected chi connectivity index (χ0v) is 13.3. The van der Waals surface area contributed by atoms with E-state index in [-0.39, 0.29) is 11.5 Å². The van der Waals surface area contributed by atoms with Gasteiger partial charge in [-0.25, -0.2) is 4.79 Å². The number of rotatable bonds is 8. The number of thioether (sulfide) groups is 1. The summed E-state index contributed by atoms with van der Waals surface area (Å²) in [7, 11) is 0. The first-order valence-electron chi connectivity index (χ1n) is 6.98. The normalized spacial score (nSPS) is 10.9. The number of hydrogen-bond acceptors (Lipinski definition) is 6. The molecule has 0 radical (unpaired) electrons. The highest BCUT2D eigenvalue weighted by Crippen LogP contribution is 2.21. The van der Waals surface area contributed by atoms with Gasteiger partial charge in [0, 0.05) is 11.7 Å². The standard InChI is InChI=1S/C15H18N2O4S/c1-10(2)13-16-17-15(21-13)22-9-3-8-20-12-6-4-11(5-7-12)14(18)19/h4-7,10H,3,8-9H2,1-2H3,(H,18,19). The molecule has 1 heterocycles. The number of ether oxygens (including phenoxy) is 1. The summed E-state index contributed by atoms with van der Waals surface area (Å²) in [4.78, 5) is 10.7. The second-order valence-corrected chi connectivity index (χ2v) is 5.99. The number of carbonyl (C=O) groups is 1. The third-order valence-corrected chi connectivity index (χ3v) is 3.70. The van der Waals surface area contributed by atoms with Gasteiger partial charge in [0.25, 0.3) is 5.22 Å². The summed E-state index contributed by atoms with van der Waals surface area (Å²) in [5.74, 6) is 1.42. The predicted molar refractivity (Wildman–Crippen MR) is 82.6 cm³/mol. The summed E-state index contributed by atoms with van der Waals surface area (Å²) >= 11 is 1.50. The van der Waals surface area contributed by atoms with Crippen LogP contribution in [0.3, 0.4) is 0 Å². The van der Waals surface area contributed by atoms with Crippen molar-refractivity contribution < 1.29 is 19.1 Å². The molecule has 0 aliphatic carbocycles. The van der Waals surface area contributed by atoms with Gasteiger partial charge in [-0.15, -0.1) is 10.2 Å². The fourth-order valence-corrected chi connectivity index (χ4v) is 2.29. The minimum atomic E-state index is -0.941. The Balaban J connectivity index is 1.67. The van der Waals surface area contributed by atoms with Crippen LogP contribution in [0.2, 0.25) is 0 Å². The number of aromatic carboxylic acids is 1. The molecule has 2 aromatic rings. The molecule has 2 rings (SSSR count). The van der Waals surface area contributed by atoms with E-state index in [1.807, 2.05) is 13.8 Å². The molecule has 0 saturated carbocycles. The fraction of sp³-hybridized carbons (Fsp3) is 0.400. The highest BCUT2D eigenvalue weighted by molar-refractivity contribution is 7.99. The number of carboxylic acid groups (broad SMARTS) is 1. The molecule has 1 N–H and O–H groups in total. The second-order valence-electron chi connectivity index (χ2n) is 4.94. The SMILES string of the molecule is CC(C)c1nnc(SCCCOc2ccc(C(=O)O)cc2)o1. The van der Waals surface area contributed by atoms with Crippen LogP contribution in [0.1, 0.15) is 42.4 Å². The Hall–Kier alpha value is -2.02. The summed E-state index contributed by atoms with van der Waals surface area (Å²) < 4.78 is 11.0. The first-order chi connectivity index (χ1) is 10.6. The van der Waals surface area contributed by atoms with Crippen LogP contribution in [0.15, 0.2) is 33.9 Å². The zero-order valence-electron chi connectivity index (χ0n) is 12.5. The Morgan fingerprint density at radius 1 is 1.32 bits per heavy atom. The van der Waals surface area contributed by atoms with Crippen molar-refractivity contribution in [3.05, 3.63) is 35.7 Å². The van der Waals surface area contributed by atoms with Crippen molar-refractivity contribution in [3.63, 3.8) is 0 Å². The Labute approximate surface area is 132 Å². The van der Waals surface area contributed by atoms with Gasteiger partial charge in [-0.2, -0.15) is 0 Å². The largest absolute Gasteiger partial charge is 0.494 e. The van der Waals surface area contributed by atoms with Gasteiger partial charge in [0.05, 0.1) is 12.2 Å². The van der Waals surface area contributed by atoms with Gasteiger partial charge in [0.1, 0.15) is 5.75 Å². The Kier molecular flexibility index (Phi) is 5.83. The van der Waals surface area contributed by atoms with E-state index in [4.69, 9.17) is 14.3 Å². The minimum absolute atomic E-state index is 0.235. The summed E-state index contributed by atoms with van der Waals surface area (Å²) in [5.41, 5.74) is 0.250. The maximum Gasteiger partial charge on any atom is 0.335 e. The number of aromatic nitrogens is 2. The van der Waals surface area contributed by atoms with Crippen molar-refractivity contribution >= 4 is 17.7 Å². The monoisotopic (exact) mass is 322 g/mol. The molecule has 118 valence electrons. The van der Waals surface area contributed by atoms with Crippen molar-refractivity contribution in [2.45, 2.75) is 31.4 Å². The Morgan fingerprint density at radius 3 is 2.64 bits per heavy atom. The molecule has 0 atom stereocenters. The highest BCUT2D eigenvalue weighted by Gasteiger charge is 2.09. The van der Waals surface area contributed by atoms with Gasteiger partial charge < -0.3 is 14.3 Å². The molecule has 0 aliphatic rings. The average molecular weight is 322 g/mol. The average Bonchev–Trinajstić information content (AvgIpc) is 2.96. The molecular formula is C15H18N2O4S. The molecule has 0 spiro atoms. The first kappa shape index (κ1) is 16.4. The molecule has 6 nitrogen and oxygen atoms in total. The van der Waals surface area contributed by atoms with Gasteiger partial charge in [0.2, 0.25) is 5.89 Å². The zero-order chi connectivity index (χ0) is 15.9. The summed E-state index contributed by atoms with van der Waals surface area (Å²) in [6.45, 7) is 4.56. The molecular weight excluding hydrogens is 304 g/mol. The van der Waals surface area contributed by atoms with Crippen LogP contribution in [0, 0.1) is 0 Å². The summed E-state index contributed by atoms with van der Waals surface area (Å²) in [5, 5.41) is 17.3. The van der Waals surface area contributed by atoms with Crippen LogP contribution in [-0.4, -0.2) is 33.6 Å². The van der Waals surface area contributed by atoms with E-state index < -0.39 is 5.97 Å². The molecule has 0 fully saturated rings. The van der Waals surface area contributed by atoms with Crippen molar-refractivity contribution in [3.8, 4) is 5.75 Å². The van der Waals surface area contributed by atoms with Crippen LogP contribution in [0.25, 0.3) is 0 Å². The lowest BCUT2D eigenvalue weighted by Crippen LogP contribution is -2.00. The number of hydrogen-bond donors (Lipinski definition) is 1. The maximum absolute atomic E-state index is 10.7. The van der Waals surface area contributed by atoms with Gasteiger partial charge in [-0.1, -0.05) is 25.6 Å². The van der Waals surface area contributed by atoms with E-state index in [2.05, 4.69) is 10.2 Å². The third-order valence-electron chi connectivity index (χ3n) is 2.80. The van der Waals surface area contributed by atoms with Gasteiger partial charge in [-0.3, -0.25) is 0 Å². The van der Waals surface area contributed by atoms with Crippen LogP contribution in [0.5, 0.6) is 5.75 Å². The lowest BCUT2D eigenvalue weighted by atomic mass is 10.2. The molecule has 1 aromatic heterocycles. The van der Waals surface area contributed by atoms with E-state index in [0.29, 0.717) is 23.5 Å². The minimum Gasteiger partial charge on any atom is -0.494 e. The molecule has 0 unspecified atom stereocenters. The lowest BCUT2D eigenvalue weighted by molar-refractivity contribution is 0.0697. The summed E-state index contributed by atoms with van der Waals surface area (Å²) in [6.07, 6.45) is 0.824. The van der Waals surface area contributed by atoms with Crippen LogP contribution >= 0.6 is 11.8 Å². The molecule has 0 saturated heterocycles. The summed E-state index contributed by atoms with van der Waals surface area (Å²) in [6, 6.07) is 6.36. The lowest BCUT2D eigenvalue weighted by Gasteiger charge is -2.05. The smallest absolute Gasteiger partial charge is 0.335 e. The second kappa shape index (κ2) is 7.84. The maximum atomic E-state index is 10.7. The quantitative estimate of drug-likeness (QED) is 0.588. The molecule has 1 aromatic carbocycles. The van der Waals surface area contributed by atoms with Gasteiger partial charge >= 0.3 is 5.97 Å². The predicted octanol–water partition coefficient (Wildman–Crippen LogP) is 3.45. The number of nitrogens with zero attached hydrogens (tertiary/aromatic N) is 2. The van der Waals surface area contributed by atoms with Crippen molar-refractivity contribution in [2.75, 3.05) is 12.4 Å². The molecule has 0 bridgehead atoms. The van der Waals surface area contributed by atoms with Crippen LogP contribution < -0.4 is 4.74 Å². The number of benzene rings is 1. The van der Waals surface area contributed by atoms with Crippen molar-refractivity contribution in [1.82, 2.24) is 10.2 Å². The number of carboxylic acids is 1. The Bertz CT molecular complexity index is 610. The topological polar surface area (TPSA) is 85.5 Å². The molecule has 0 aliphatic heterocycles. The van der Waals surface area contributed by atoms with Crippen LogP contribution in [-0.2, 0) is 0 Å². The van der Waals surface area contributed by atoms with Gasteiger partial charge in [-0.05, 0) is 30.7 Å². The Morgan fingerprint density at radius 2 is 2.05 bits per heavy atom. The van der Waals surface area contributed by atoms with Crippen molar-refractivity contribution in [1.29, 1.82) is 0 Å². The van der Waals surface area contributed by atoms with E-state index in [9.17, 15) is 4.79 Å². The van der Waals surface area contributed by atoms with E-state index in [0.717, 1.165) is 12.2 Å². The first-order valence-corrected chi connectivity index (χ1v) is 7.97. The highest BCUT2D eigenvalue weighted by atomic mass is 32.2. The molecule has 7 heteroatoms. The van der Waals surface area contributed by atoms with Crippen molar-refractivity contribution in [2.24, 2.45) is 0 Å². The molecule has 22 heavy (non-hydrogen) atoms. The fourth-order valence-electron chi connectivity index (χ4n) is 1.61. The third kappa shape index (κ3) is 4.77. The van der Waals surface area contributed by atoms with Gasteiger partial charge in [0.15, 0.2) is 0 Å². The van der Waals surface area contributed by atoms with E-state index in [1.54, 1.807) is 12.1 Å². The van der Waals surface area contributed by atoms with Crippen LogP contribution in [0.4, 0.5) is 0 Å².